The lowest BCUT2D eigenvalue weighted by atomic mass is 10.0. The van der Waals surface area contributed by atoms with Gasteiger partial charge in [-0.15, -0.1) is 0 Å². The van der Waals surface area contributed by atoms with Crippen molar-refractivity contribution < 1.29 is 28.9 Å². The molecule has 0 bridgehead atoms. The van der Waals surface area contributed by atoms with E-state index in [-0.39, 0.29) is 47.0 Å². The third kappa shape index (κ3) is 8.15. The molecule has 0 heterocycles. The van der Waals surface area contributed by atoms with E-state index in [2.05, 4.69) is 86.5 Å². The van der Waals surface area contributed by atoms with Crippen LogP contribution in [0.3, 0.4) is 0 Å². The molecule has 0 unspecified atom stereocenters. The summed E-state index contributed by atoms with van der Waals surface area (Å²) in [6.07, 6.45) is 0.452. The number of carbonyl (C=O) groups is 4. The summed E-state index contributed by atoms with van der Waals surface area (Å²) in [7, 11) is 0. The van der Waals surface area contributed by atoms with Crippen LogP contribution in [0.1, 0.15) is 103 Å². The van der Waals surface area contributed by atoms with Crippen LogP contribution in [-0.2, 0) is 22.5 Å². The first-order chi connectivity index (χ1) is 26.0. The second-order valence-electron chi connectivity index (χ2n) is 13.7. The van der Waals surface area contributed by atoms with E-state index in [0.717, 1.165) is 30.7 Å². The van der Waals surface area contributed by atoms with Crippen LogP contribution < -0.4 is 0 Å². The Morgan fingerprint density at radius 2 is 0.926 bits per heavy atom. The fourth-order valence-electron chi connectivity index (χ4n) is 6.17. The highest BCUT2D eigenvalue weighted by Gasteiger charge is 2.29. The fraction of sp³-hybridized carbons (Fsp3) is 0.182. The zero-order chi connectivity index (χ0) is 37.9. The summed E-state index contributed by atoms with van der Waals surface area (Å²) in [6.45, 7) is 8.63. The van der Waals surface area contributed by atoms with Crippen LogP contribution in [-0.4, -0.2) is 34.9 Å². The van der Waals surface area contributed by atoms with Crippen molar-refractivity contribution in [3.63, 3.8) is 0 Å². The third-order valence-electron chi connectivity index (χ3n) is 9.26. The minimum Gasteiger partial charge on any atom is -0.312 e. The van der Waals surface area contributed by atoms with Crippen molar-refractivity contribution in [3.8, 4) is 0 Å². The molecule has 0 aliphatic heterocycles. The number of nitrogens with zero attached hydrogens (tertiary/aromatic N) is 2. The van der Waals surface area contributed by atoms with Gasteiger partial charge < -0.3 is 9.68 Å². The van der Waals surface area contributed by atoms with Gasteiger partial charge in [0.05, 0.1) is 11.1 Å². The number of Topliss-reactive ketones (excluding diaryl/α,β-unsaturated/α-hetero) is 2. The van der Waals surface area contributed by atoms with E-state index in [0.29, 0.717) is 23.0 Å². The number of carbonyl (C=O) groups excluding carboxylic acids is 4. The highest BCUT2D eigenvalue weighted by molar-refractivity contribution is 7.99. The van der Waals surface area contributed by atoms with Gasteiger partial charge >= 0.3 is 11.9 Å². The molecule has 0 radical (unpaired) electrons. The topological polar surface area (TPSA) is 111 Å². The average molecular weight is 753 g/mol. The predicted octanol–water partition coefficient (Wildman–Crippen LogP) is 10.1. The summed E-state index contributed by atoms with van der Waals surface area (Å²) in [4.78, 5) is 66.4. The molecule has 0 spiro atoms. The molecule has 2 aliphatic rings. The van der Waals surface area contributed by atoms with Crippen LogP contribution in [0.25, 0.3) is 0 Å². The molecule has 7 rings (SSSR count). The molecule has 270 valence electrons. The Labute approximate surface area is 322 Å². The number of ketones is 2. The van der Waals surface area contributed by atoms with Gasteiger partial charge in [-0.2, -0.15) is 0 Å². The Bertz CT molecular complexity index is 2200. The summed E-state index contributed by atoms with van der Waals surface area (Å²) in [5.74, 6) is -1.40. The third-order valence-corrected chi connectivity index (χ3v) is 11.3. The van der Waals surface area contributed by atoms with Crippen LogP contribution in [0.5, 0.6) is 0 Å². The van der Waals surface area contributed by atoms with Gasteiger partial charge in [0, 0.05) is 43.6 Å². The molecule has 10 heteroatoms. The molecule has 0 amide bonds. The molecule has 0 saturated heterocycles. The van der Waals surface area contributed by atoms with E-state index in [1.165, 1.54) is 35.4 Å². The minimum atomic E-state index is -0.848. The molecule has 0 fully saturated rings. The van der Waals surface area contributed by atoms with Gasteiger partial charge in [0.2, 0.25) is 11.6 Å². The Balaban J connectivity index is 0.950. The van der Waals surface area contributed by atoms with Crippen molar-refractivity contribution in [3.05, 3.63) is 154 Å². The Kier molecular flexibility index (Phi) is 10.8. The van der Waals surface area contributed by atoms with Gasteiger partial charge in [0.15, 0.2) is 0 Å². The normalized spacial score (nSPS) is 14.9. The van der Waals surface area contributed by atoms with E-state index in [9.17, 15) is 19.2 Å². The smallest absolute Gasteiger partial charge is 0.312 e. The number of hydrogen-bond acceptors (Lipinski definition) is 10. The highest BCUT2D eigenvalue weighted by Crippen LogP contribution is 2.34. The van der Waals surface area contributed by atoms with Crippen LogP contribution in [0.15, 0.2) is 139 Å². The SMILES string of the molecule is CC(C)c1ccc(Sc2ccc3c(c2)CC(=NOC(=O)c2cccc(C(=O)ON=C4Cc5cc(Sc6ccc(C(C)C)cc6)ccc5C4=O)c2)C3=O)cc1. The van der Waals surface area contributed by atoms with Crippen molar-refractivity contribution in [1.82, 2.24) is 0 Å². The van der Waals surface area contributed by atoms with E-state index in [4.69, 9.17) is 9.68 Å². The van der Waals surface area contributed by atoms with Gasteiger partial charge in [-0.1, -0.05) is 91.9 Å². The largest absolute Gasteiger partial charge is 0.365 e. The number of benzene rings is 5. The highest BCUT2D eigenvalue weighted by atomic mass is 32.2. The van der Waals surface area contributed by atoms with Crippen LogP contribution in [0.4, 0.5) is 0 Å². The zero-order valence-corrected chi connectivity index (χ0v) is 31.8. The molecular weight excluding hydrogens is 717 g/mol. The van der Waals surface area contributed by atoms with Crippen molar-refractivity contribution in [1.29, 1.82) is 0 Å². The van der Waals surface area contributed by atoms with Crippen LogP contribution >= 0.6 is 23.5 Å². The lowest BCUT2D eigenvalue weighted by Crippen LogP contribution is -2.12. The lowest BCUT2D eigenvalue weighted by molar-refractivity contribution is 0.0514. The minimum absolute atomic E-state index is 0.0276. The molecule has 8 nitrogen and oxygen atoms in total. The molecule has 0 atom stereocenters. The summed E-state index contributed by atoms with van der Waals surface area (Å²) >= 11 is 3.21. The number of fused-ring (bicyclic) bond motifs is 2. The van der Waals surface area contributed by atoms with Gasteiger partial charge in [-0.05, 0) is 113 Å². The first kappa shape index (κ1) is 36.8. The van der Waals surface area contributed by atoms with Gasteiger partial charge in [0.25, 0.3) is 0 Å². The standard InChI is InChI=1S/C44H36N2O6S2/c1-25(2)27-8-12-33(13-9-27)53-35-16-18-37-31(21-35)23-39(41(37)47)45-51-43(49)29-6-5-7-30(20-29)44(50)52-46-40-24-32-22-36(17-19-38(32)42(40)48)54-34-14-10-28(11-15-34)26(3)4/h5-22,25-26H,23-24H2,1-4H3. The van der Waals surface area contributed by atoms with Crippen molar-refractivity contribution in [2.45, 2.75) is 72.0 Å². The lowest BCUT2D eigenvalue weighted by Gasteiger charge is -2.07. The number of hydrogen-bond donors (Lipinski definition) is 0. The van der Waals surface area contributed by atoms with E-state index in [1.54, 1.807) is 35.7 Å². The summed E-state index contributed by atoms with van der Waals surface area (Å²) in [5, 5.41) is 7.80. The molecular formula is C44H36N2O6S2. The van der Waals surface area contributed by atoms with Crippen LogP contribution in [0.2, 0.25) is 0 Å². The summed E-state index contributed by atoms with van der Waals surface area (Å²) in [6, 6.07) is 33.8. The number of rotatable bonds is 10. The average Bonchev–Trinajstić information content (AvgIpc) is 3.66. The summed E-state index contributed by atoms with van der Waals surface area (Å²) in [5.41, 5.74) is 5.47. The first-order valence-corrected chi connectivity index (χ1v) is 19.2. The quantitative estimate of drug-likeness (QED) is 0.102. The van der Waals surface area contributed by atoms with E-state index >= 15 is 0 Å². The molecule has 5 aromatic carbocycles. The van der Waals surface area contributed by atoms with E-state index in [1.807, 2.05) is 24.3 Å². The predicted molar refractivity (Wildman–Crippen MR) is 210 cm³/mol. The van der Waals surface area contributed by atoms with Gasteiger partial charge in [0.1, 0.15) is 11.4 Å². The maximum atomic E-state index is 13.0. The Hall–Kier alpha value is -5.58. The van der Waals surface area contributed by atoms with Gasteiger partial charge in [-0.3, -0.25) is 9.59 Å². The second-order valence-corrected chi connectivity index (χ2v) is 16.0. The van der Waals surface area contributed by atoms with Crippen molar-refractivity contribution in [2.75, 3.05) is 0 Å². The molecule has 54 heavy (non-hydrogen) atoms. The van der Waals surface area contributed by atoms with Crippen molar-refractivity contribution in [2.24, 2.45) is 10.3 Å². The first-order valence-electron chi connectivity index (χ1n) is 17.6. The Morgan fingerprint density at radius 3 is 1.31 bits per heavy atom. The maximum Gasteiger partial charge on any atom is 0.365 e. The molecule has 2 aliphatic carbocycles. The number of oxime groups is 2. The molecule has 0 saturated carbocycles. The molecule has 0 N–H and O–H groups in total. The monoisotopic (exact) mass is 752 g/mol. The van der Waals surface area contributed by atoms with E-state index < -0.39 is 11.9 Å². The van der Waals surface area contributed by atoms with Crippen molar-refractivity contribution >= 4 is 58.5 Å². The second kappa shape index (κ2) is 15.8. The maximum absolute atomic E-state index is 13.0. The zero-order valence-electron chi connectivity index (χ0n) is 30.1. The summed E-state index contributed by atoms with van der Waals surface area (Å²) < 4.78 is 0. The van der Waals surface area contributed by atoms with Crippen LogP contribution in [0, 0.1) is 0 Å². The fourth-order valence-corrected chi connectivity index (χ4v) is 7.93. The Morgan fingerprint density at radius 1 is 0.537 bits per heavy atom. The molecule has 5 aromatic rings. The molecule has 0 aromatic heterocycles. The van der Waals surface area contributed by atoms with Gasteiger partial charge in [-0.25, -0.2) is 9.59 Å².